The molecular weight excluding hydrogens is 174 g/mol. The molecule has 0 amide bonds. The largest absolute Gasteiger partial charge is 0.314 e. The summed E-state index contributed by atoms with van der Waals surface area (Å²) in [7, 11) is 4.47. The maximum atomic E-state index is 3.41. The van der Waals surface area contributed by atoms with Crippen LogP contribution in [0, 0.1) is 0 Å². The van der Waals surface area contributed by atoms with Crippen molar-refractivity contribution in [2.45, 2.75) is 24.8 Å². The summed E-state index contributed by atoms with van der Waals surface area (Å²) in [5.74, 6) is 0. The molecule has 0 aromatic rings. The Labute approximate surface area is 87.4 Å². The van der Waals surface area contributed by atoms with Gasteiger partial charge in [0.05, 0.1) is 0 Å². The Morgan fingerprint density at radius 2 is 1.86 bits per heavy atom. The molecule has 82 valence electrons. The van der Waals surface area contributed by atoms with Gasteiger partial charge < -0.3 is 10.2 Å². The predicted molar refractivity (Wildman–Crippen MR) is 59.6 cm³/mol. The van der Waals surface area contributed by atoms with Gasteiger partial charge >= 0.3 is 0 Å². The van der Waals surface area contributed by atoms with Crippen LogP contribution < -0.4 is 5.32 Å². The first-order valence-electron chi connectivity index (χ1n) is 5.83. The second-order valence-corrected chi connectivity index (χ2v) is 5.00. The number of hydrogen-bond acceptors (Lipinski definition) is 3. The molecule has 0 radical (unpaired) electrons. The topological polar surface area (TPSA) is 18.5 Å². The molecule has 3 nitrogen and oxygen atoms in total. The van der Waals surface area contributed by atoms with Crippen molar-refractivity contribution in [3.63, 3.8) is 0 Å². The molecule has 0 unspecified atom stereocenters. The normalized spacial score (nSPS) is 27.6. The van der Waals surface area contributed by atoms with Crippen LogP contribution in [0.4, 0.5) is 0 Å². The zero-order valence-electron chi connectivity index (χ0n) is 9.55. The van der Waals surface area contributed by atoms with Gasteiger partial charge in [-0.1, -0.05) is 0 Å². The molecule has 1 heterocycles. The van der Waals surface area contributed by atoms with E-state index in [2.05, 4.69) is 29.2 Å². The van der Waals surface area contributed by atoms with Crippen LogP contribution in [-0.2, 0) is 0 Å². The fraction of sp³-hybridized carbons (Fsp3) is 1.00. The Morgan fingerprint density at radius 1 is 1.21 bits per heavy atom. The molecule has 0 spiro atoms. The lowest BCUT2D eigenvalue weighted by Crippen LogP contribution is -2.59. The quantitative estimate of drug-likeness (QED) is 0.705. The van der Waals surface area contributed by atoms with Crippen molar-refractivity contribution in [3.8, 4) is 0 Å². The van der Waals surface area contributed by atoms with E-state index in [1.54, 1.807) is 0 Å². The fourth-order valence-electron chi connectivity index (χ4n) is 2.62. The van der Waals surface area contributed by atoms with Crippen molar-refractivity contribution in [2.24, 2.45) is 0 Å². The highest BCUT2D eigenvalue weighted by molar-refractivity contribution is 4.98. The first-order valence-corrected chi connectivity index (χ1v) is 5.83. The van der Waals surface area contributed by atoms with E-state index in [1.807, 2.05) is 0 Å². The van der Waals surface area contributed by atoms with E-state index in [4.69, 9.17) is 0 Å². The van der Waals surface area contributed by atoms with Crippen molar-refractivity contribution in [1.29, 1.82) is 0 Å². The Hall–Kier alpha value is -0.120. The van der Waals surface area contributed by atoms with Crippen LogP contribution in [0.25, 0.3) is 0 Å². The monoisotopic (exact) mass is 197 g/mol. The Balaban J connectivity index is 1.87. The van der Waals surface area contributed by atoms with Gasteiger partial charge in [0.2, 0.25) is 0 Å². The molecule has 14 heavy (non-hydrogen) atoms. The zero-order chi connectivity index (χ0) is 10.0. The van der Waals surface area contributed by atoms with E-state index in [9.17, 15) is 0 Å². The Morgan fingerprint density at radius 3 is 2.29 bits per heavy atom. The maximum Gasteiger partial charge on any atom is 0.0330 e. The van der Waals surface area contributed by atoms with E-state index in [1.165, 1.54) is 52.0 Å². The van der Waals surface area contributed by atoms with Crippen LogP contribution in [0.5, 0.6) is 0 Å². The van der Waals surface area contributed by atoms with Gasteiger partial charge in [0.25, 0.3) is 0 Å². The van der Waals surface area contributed by atoms with Crippen LogP contribution in [0.1, 0.15) is 19.3 Å². The summed E-state index contributed by atoms with van der Waals surface area (Å²) >= 11 is 0. The number of rotatable bonds is 3. The minimum Gasteiger partial charge on any atom is -0.314 e. The number of nitrogens with zero attached hydrogens (tertiary/aromatic N) is 2. The lowest BCUT2D eigenvalue weighted by molar-refractivity contribution is 0.0173. The molecule has 2 rings (SSSR count). The summed E-state index contributed by atoms with van der Waals surface area (Å²) in [6, 6.07) is 0. The van der Waals surface area contributed by atoms with E-state index in [0.717, 1.165) is 0 Å². The van der Waals surface area contributed by atoms with Gasteiger partial charge in [-0.2, -0.15) is 0 Å². The summed E-state index contributed by atoms with van der Waals surface area (Å²) in [6.45, 7) is 6.08. The highest BCUT2D eigenvalue weighted by atomic mass is 15.3. The summed E-state index contributed by atoms with van der Waals surface area (Å²) < 4.78 is 0. The lowest BCUT2D eigenvalue weighted by Gasteiger charge is -2.50. The average Bonchev–Trinajstić information content (AvgIpc) is 2.12. The molecular formula is C11H23N3. The van der Waals surface area contributed by atoms with E-state index in [-0.39, 0.29) is 0 Å². The third-order valence-corrected chi connectivity index (χ3v) is 3.96. The molecule has 2 aliphatic rings. The zero-order valence-corrected chi connectivity index (χ0v) is 9.55. The number of nitrogens with one attached hydrogen (secondary N) is 1. The first-order chi connectivity index (χ1) is 6.73. The van der Waals surface area contributed by atoms with Crippen molar-refractivity contribution in [2.75, 3.05) is 46.8 Å². The molecule has 1 aliphatic carbocycles. The number of piperazine rings is 1. The van der Waals surface area contributed by atoms with Crippen LogP contribution in [0.15, 0.2) is 0 Å². The predicted octanol–water partition coefficient (Wildman–Crippen LogP) is 0.376. The maximum absolute atomic E-state index is 3.41. The molecule has 1 aliphatic heterocycles. The smallest absolute Gasteiger partial charge is 0.0330 e. The molecule has 1 N–H and O–H groups in total. The van der Waals surface area contributed by atoms with Crippen LogP contribution >= 0.6 is 0 Å². The van der Waals surface area contributed by atoms with Gasteiger partial charge in [-0.25, -0.2) is 0 Å². The third kappa shape index (κ3) is 1.95. The second-order valence-electron chi connectivity index (χ2n) is 5.00. The van der Waals surface area contributed by atoms with Gasteiger partial charge in [0.1, 0.15) is 0 Å². The van der Waals surface area contributed by atoms with Gasteiger partial charge in [-0.15, -0.1) is 0 Å². The minimum atomic E-state index is 0.511. The van der Waals surface area contributed by atoms with Crippen LogP contribution in [-0.4, -0.2) is 62.2 Å². The van der Waals surface area contributed by atoms with Crippen LogP contribution in [0.3, 0.4) is 0 Å². The molecule has 1 saturated carbocycles. The van der Waals surface area contributed by atoms with E-state index in [0.29, 0.717) is 5.54 Å². The number of likely N-dealkylation sites (N-methyl/N-ethyl adjacent to an activating group) is 1. The van der Waals surface area contributed by atoms with Crippen molar-refractivity contribution in [1.82, 2.24) is 15.1 Å². The SMILES string of the molecule is CN(C)C1(CN2CCNCC2)CCC1. The Bertz CT molecular complexity index is 181. The van der Waals surface area contributed by atoms with Gasteiger partial charge in [-0.05, 0) is 33.4 Å². The van der Waals surface area contributed by atoms with Gasteiger partial charge in [0.15, 0.2) is 0 Å². The number of hydrogen-bond donors (Lipinski definition) is 1. The highest BCUT2D eigenvalue weighted by Crippen LogP contribution is 2.36. The van der Waals surface area contributed by atoms with E-state index >= 15 is 0 Å². The van der Waals surface area contributed by atoms with Crippen molar-refractivity contribution >= 4 is 0 Å². The summed E-state index contributed by atoms with van der Waals surface area (Å²) in [6.07, 6.45) is 4.21. The molecule has 0 atom stereocenters. The van der Waals surface area contributed by atoms with Gasteiger partial charge in [0, 0.05) is 38.3 Å². The minimum absolute atomic E-state index is 0.511. The second kappa shape index (κ2) is 4.17. The van der Waals surface area contributed by atoms with Crippen molar-refractivity contribution < 1.29 is 0 Å². The standard InChI is InChI=1S/C11H23N3/c1-13(2)11(4-3-5-11)10-14-8-6-12-7-9-14/h12H,3-10H2,1-2H3. The van der Waals surface area contributed by atoms with Crippen molar-refractivity contribution in [3.05, 3.63) is 0 Å². The van der Waals surface area contributed by atoms with E-state index < -0.39 is 0 Å². The molecule has 3 heteroatoms. The Kier molecular flexibility index (Phi) is 3.10. The lowest BCUT2D eigenvalue weighted by atomic mass is 9.75. The van der Waals surface area contributed by atoms with Crippen LogP contribution in [0.2, 0.25) is 0 Å². The average molecular weight is 197 g/mol. The summed E-state index contributed by atoms with van der Waals surface area (Å²) in [5.41, 5.74) is 0.511. The third-order valence-electron chi connectivity index (χ3n) is 3.96. The molecule has 0 aromatic heterocycles. The molecule has 2 fully saturated rings. The van der Waals surface area contributed by atoms with Gasteiger partial charge in [-0.3, -0.25) is 4.90 Å². The summed E-state index contributed by atoms with van der Waals surface area (Å²) in [5, 5.41) is 3.41. The highest BCUT2D eigenvalue weighted by Gasteiger charge is 2.40. The molecule has 0 aromatic carbocycles. The molecule has 1 saturated heterocycles. The first kappa shape index (κ1) is 10.4. The molecule has 0 bridgehead atoms. The summed E-state index contributed by atoms with van der Waals surface area (Å²) in [4.78, 5) is 5.06. The fourth-order valence-corrected chi connectivity index (χ4v) is 2.62.